The molecular weight excluding hydrogens is 324 g/mol. The number of amides is 1. The van der Waals surface area contributed by atoms with Gasteiger partial charge in [-0.15, -0.1) is 0 Å². The Bertz CT molecular complexity index is 937. The fourth-order valence-electron chi connectivity index (χ4n) is 3.48. The first kappa shape index (κ1) is 15.2. The van der Waals surface area contributed by atoms with Gasteiger partial charge in [-0.1, -0.05) is 18.2 Å². The predicted octanol–water partition coefficient (Wildman–Crippen LogP) is 2.35. The van der Waals surface area contributed by atoms with Crippen LogP contribution in [-0.4, -0.2) is 27.9 Å². The van der Waals surface area contributed by atoms with Gasteiger partial charge in [0.25, 0.3) is 10.0 Å². The van der Waals surface area contributed by atoms with Crippen LogP contribution in [0.3, 0.4) is 0 Å². The zero-order valence-electron chi connectivity index (χ0n) is 13.4. The van der Waals surface area contributed by atoms with E-state index in [1.807, 2.05) is 24.3 Å². The standard InChI is InChI=1S/C18H18N2O3S/c1-19-16-9-8-15(11-14(16)12-18(19)21)24(22,23)20-10-4-6-13-5-2-3-7-17(13)20/h2-3,5,7-9,11H,4,6,10,12H2,1H3. The number of anilines is 2. The molecule has 2 aromatic carbocycles. The first-order valence-electron chi connectivity index (χ1n) is 7.98. The summed E-state index contributed by atoms with van der Waals surface area (Å²) < 4.78 is 27.8. The van der Waals surface area contributed by atoms with Crippen LogP contribution in [0.25, 0.3) is 0 Å². The number of para-hydroxylation sites is 1. The van der Waals surface area contributed by atoms with E-state index >= 15 is 0 Å². The summed E-state index contributed by atoms with van der Waals surface area (Å²) in [6.07, 6.45) is 1.96. The molecule has 2 aromatic rings. The molecule has 2 heterocycles. The predicted molar refractivity (Wildman–Crippen MR) is 92.9 cm³/mol. The minimum Gasteiger partial charge on any atom is -0.315 e. The average Bonchev–Trinajstić information content (AvgIpc) is 2.88. The van der Waals surface area contributed by atoms with Gasteiger partial charge >= 0.3 is 0 Å². The molecule has 0 aromatic heterocycles. The van der Waals surface area contributed by atoms with Crippen molar-refractivity contribution in [3.8, 4) is 0 Å². The van der Waals surface area contributed by atoms with Crippen molar-refractivity contribution in [1.82, 2.24) is 0 Å². The lowest BCUT2D eigenvalue weighted by Gasteiger charge is -2.30. The summed E-state index contributed by atoms with van der Waals surface area (Å²) in [6, 6.07) is 12.6. The maximum atomic E-state index is 13.1. The number of nitrogens with zero attached hydrogens (tertiary/aromatic N) is 2. The first-order chi connectivity index (χ1) is 11.5. The van der Waals surface area contributed by atoms with E-state index in [2.05, 4.69) is 0 Å². The van der Waals surface area contributed by atoms with Crippen LogP contribution in [0.5, 0.6) is 0 Å². The second-order valence-corrected chi connectivity index (χ2v) is 8.09. The second kappa shape index (κ2) is 5.34. The monoisotopic (exact) mass is 342 g/mol. The molecule has 2 aliphatic rings. The van der Waals surface area contributed by atoms with Gasteiger partial charge in [0, 0.05) is 19.3 Å². The Labute approximate surface area is 141 Å². The van der Waals surface area contributed by atoms with Crippen LogP contribution in [0.1, 0.15) is 17.5 Å². The third-order valence-corrected chi connectivity index (χ3v) is 6.59. The van der Waals surface area contributed by atoms with Gasteiger partial charge in [-0.3, -0.25) is 9.10 Å². The molecule has 0 bridgehead atoms. The molecule has 124 valence electrons. The maximum Gasteiger partial charge on any atom is 0.264 e. The molecule has 0 N–H and O–H groups in total. The highest BCUT2D eigenvalue weighted by molar-refractivity contribution is 7.92. The molecule has 0 unspecified atom stereocenters. The minimum absolute atomic E-state index is 0.0112. The van der Waals surface area contributed by atoms with E-state index in [-0.39, 0.29) is 17.2 Å². The lowest BCUT2D eigenvalue weighted by molar-refractivity contribution is -0.117. The highest BCUT2D eigenvalue weighted by Gasteiger charge is 2.31. The number of aryl methyl sites for hydroxylation is 1. The van der Waals surface area contributed by atoms with Crippen molar-refractivity contribution >= 4 is 27.3 Å². The van der Waals surface area contributed by atoms with E-state index in [9.17, 15) is 13.2 Å². The Morgan fingerprint density at radius 3 is 2.62 bits per heavy atom. The van der Waals surface area contributed by atoms with Gasteiger partial charge in [-0.05, 0) is 48.2 Å². The van der Waals surface area contributed by atoms with Crippen molar-refractivity contribution in [1.29, 1.82) is 0 Å². The highest BCUT2D eigenvalue weighted by atomic mass is 32.2. The van der Waals surface area contributed by atoms with Gasteiger partial charge in [0.1, 0.15) is 0 Å². The summed E-state index contributed by atoms with van der Waals surface area (Å²) >= 11 is 0. The molecule has 4 rings (SSSR count). The van der Waals surface area contributed by atoms with Crippen LogP contribution in [0, 0.1) is 0 Å². The van der Waals surface area contributed by atoms with Gasteiger partial charge < -0.3 is 4.90 Å². The van der Waals surface area contributed by atoms with Crippen molar-refractivity contribution < 1.29 is 13.2 Å². The third-order valence-electron chi connectivity index (χ3n) is 4.78. The molecule has 1 amide bonds. The Morgan fingerprint density at radius 2 is 1.79 bits per heavy atom. The molecule has 5 nitrogen and oxygen atoms in total. The maximum absolute atomic E-state index is 13.1. The quantitative estimate of drug-likeness (QED) is 0.842. The number of benzene rings is 2. The van der Waals surface area contributed by atoms with E-state index < -0.39 is 10.0 Å². The molecule has 0 aliphatic carbocycles. The highest BCUT2D eigenvalue weighted by Crippen LogP contribution is 2.34. The van der Waals surface area contributed by atoms with Crippen molar-refractivity contribution in [3.05, 3.63) is 53.6 Å². The zero-order valence-corrected chi connectivity index (χ0v) is 14.2. The number of likely N-dealkylation sites (N-methyl/N-ethyl adjacent to an activating group) is 1. The fraction of sp³-hybridized carbons (Fsp3) is 0.278. The van der Waals surface area contributed by atoms with Gasteiger partial charge in [0.2, 0.25) is 5.91 Å². The molecule has 2 aliphatic heterocycles. The van der Waals surface area contributed by atoms with Gasteiger partial charge in [-0.25, -0.2) is 8.42 Å². The Kier molecular flexibility index (Phi) is 3.38. The molecule has 0 saturated carbocycles. The lowest BCUT2D eigenvalue weighted by atomic mass is 10.0. The van der Waals surface area contributed by atoms with Gasteiger partial charge in [0.05, 0.1) is 17.0 Å². The second-order valence-electron chi connectivity index (χ2n) is 6.23. The van der Waals surface area contributed by atoms with E-state index in [0.717, 1.165) is 35.3 Å². The summed E-state index contributed by atoms with van der Waals surface area (Å²) in [6.45, 7) is 0.481. The number of hydrogen-bond donors (Lipinski definition) is 0. The van der Waals surface area contributed by atoms with Crippen LogP contribution in [-0.2, 0) is 27.7 Å². The Balaban J connectivity index is 1.78. The number of carbonyl (C=O) groups excluding carboxylic acids is 1. The van der Waals surface area contributed by atoms with Crippen LogP contribution in [0.2, 0.25) is 0 Å². The van der Waals surface area contributed by atoms with Crippen LogP contribution >= 0.6 is 0 Å². The minimum atomic E-state index is -3.63. The largest absolute Gasteiger partial charge is 0.315 e. The number of rotatable bonds is 2. The summed E-state index contributed by atoms with van der Waals surface area (Å²) in [5.74, 6) is -0.0112. The van der Waals surface area contributed by atoms with E-state index in [4.69, 9.17) is 0 Å². The number of fused-ring (bicyclic) bond motifs is 2. The van der Waals surface area contributed by atoms with Gasteiger partial charge in [-0.2, -0.15) is 0 Å². The Morgan fingerprint density at radius 1 is 1.00 bits per heavy atom. The molecule has 0 saturated heterocycles. The van der Waals surface area contributed by atoms with E-state index in [1.54, 1.807) is 30.1 Å². The Hall–Kier alpha value is -2.34. The van der Waals surface area contributed by atoms with Crippen LogP contribution in [0.4, 0.5) is 11.4 Å². The molecular formula is C18H18N2O3S. The molecule has 0 fully saturated rings. The summed E-state index contributed by atoms with van der Waals surface area (Å²) in [7, 11) is -1.92. The topological polar surface area (TPSA) is 57.7 Å². The van der Waals surface area contributed by atoms with E-state index in [1.165, 1.54) is 4.31 Å². The van der Waals surface area contributed by atoms with Crippen molar-refractivity contribution in [2.24, 2.45) is 0 Å². The SMILES string of the molecule is CN1C(=O)Cc2cc(S(=O)(=O)N3CCCc4ccccc43)ccc21. The average molecular weight is 342 g/mol. The number of carbonyl (C=O) groups is 1. The molecule has 0 radical (unpaired) electrons. The molecule has 0 atom stereocenters. The van der Waals surface area contributed by atoms with Crippen molar-refractivity contribution in [2.45, 2.75) is 24.2 Å². The lowest BCUT2D eigenvalue weighted by Crippen LogP contribution is -2.35. The molecule has 6 heteroatoms. The number of hydrogen-bond acceptors (Lipinski definition) is 3. The first-order valence-corrected chi connectivity index (χ1v) is 9.42. The summed E-state index contributed by atoms with van der Waals surface area (Å²) in [5.41, 5.74) is 3.38. The number of sulfonamides is 1. The zero-order chi connectivity index (χ0) is 16.9. The normalized spacial score (nSPS) is 17.0. The fourth-order valence-corrected chi connectivity index (χ4v) is 5.08. The molecule has 0 spiro atoms. The summed E-state index contributed by atoms with van der Waals surface area (Å²) in [5, 5.41) is 0. The van der Waals surface area contributed by atoms with Crippen molar-refractivity contribution in [3.63, 3.8) is 0 Å². The smallest absolute Gasteiger partial charge is 0.264 e. The van der Waals surface area contributed by atoms with E-state index in [0.29, 0.717) is 6.54 Å². The van der Waals surface area contributed by atoms with Crippen LogP contribution in [0.15, 0.2) is 47.4 Å². The summed E-state index contributed by atoms with van der Waals surface area (Å²) in [4.78, 5) is 13.6. The van der Waals surface area contributed by atoms with Crippen molar-refractivity contribution in [2.75, 3.05) is 22.8 Å². The third kappa shape index (κ3) is 2.21. The van der Waals surface area contributed by atoms with Gasteiger partial charge in [0.15, 0.2) is 0 Å². The van der Waals surface area contributed by atoms with Crippen LogP contribution < -0.4 is 9.21 Å². The molecule has 24 heavy (non-hydrogen) atoms.